The van der Waals surface area contributed by atoms with Crippen LogP contribution in [-0.4, -0.2) is 30.2 Å². The SMILES string of the molecule is CCCCN(C)P1C(c2ccccc2)=C(C)N(C)[C@H]1c1ccccc1. The Morgan fingerprint density at radius 3 is 2.20 bits per heavy atom. The molecule has 2 nitrogen and oxygen atoms in total. The third-order valence-electron chi connectivity index (χ3n) is 5.05. The molecule has 0 N–H and O–H groups in total. The van der Waals surface area contributed by atoms with E-state index in [2.05, 4.69) is 98.2 Å². The Morgan fingerprint density at radius 1 is 1.00 bits per heavy atom. The second kappa shape index (κ2) is 8.17. The van der Waals surface area contributed by atoms with E-state index in [1.165, 1.54) is 35.0 Å². The van der Waals surface area contributed by atoms with Crippen molar-refractivity contribution in [2.75, 3.05) is 20.6 Å². The van der Waals surface area contributed by atoms with Gasteiger partial charge in [-0.3, -0.25) is 4.67 Å². The Bertz CT molecular complexity index is 711. The molecule has 3 rings (SSSR count). The van der Waals surface area contributed by atoms with Gasteiger partial charge in [0.2, 0.25) is 0 Å². The van der Waals surface area contributed by atoms with Crippen LogP contribution in [0.5, 0.6) is 0 Å². The first-order valence-electron chi connectivity index (χ1n) is 9.19. The predicted molar refractivity (Wildman–Crippen MR) is 110 cm³/mol. The van der Waals surface area contributed by atoms with Gasteiger partial charge < -0.3 is 4.90 Å². The zero-order chi connectivity index (χ0) is 17.8. The quantitative estimate of drug-likeness (QED) is 0.575. The summed E-state index contributed by atoms with van der Waals surface area (Å²) in [5.74, 6) is 0.424. The summed E-state index contributed by atoms with van der Waals surface area (Å²) in [4.78, 5) is 2.49. The van der Waals surface area contributed by atoms with Crippen LogP contribution in [-0.2, 0) is 0 Å². The van der Waals surface area contributed by atoms with Crippen LogP contribution >= 0.6 is 8.07 Å². The summed E-state index contributed by atoms with van der Waals surface area (Å²) in [6.45, 7) is 5.72. The highest BCUT2D eigenvalue weighted by Gasteiger charge is 2.40. The van der Waals surface area contributed by atoms with E-state index in [4.69, 9.17) is 0 Å². The van der Waals surface area contributed by atoms with Crippen molar-refractivity contribution >= 4 is 13.4 Å². The van der Waals surface area contributed by atoms with Gasteiger partial charge in [0.05, 0.1) is 5.78 Å². The zero-order valence-corrected chi connectivity index (χ0v) is 16.7. The molecule has 1 heterocycles. The van der Waals surface area contributed by atoms with Gasteiger partial charge in [0, 0.05) is 32.7 Å². The van der Waals surface area contributed by atoms with E-state index in [1.54, 1.807) is 0 Å². The Hall–Kier alpha value is -1.63. The Balaban J connectivity index is 2.05. The lowest BCUT2D eigenvalue weighted by Gasteiger charge is -2.35. The van der Waals surface area contributed by atoms with Crippen molar-refractivity contribution in [2.45, 2.75) is 32.5 Å². The monoisotopic (exact) mass is 352 g/mol. The molecular formula is C22H29N2P. The van der Waals surface area contributed by atoms with Crippen LogP contribution in [0.1, 0.15) is 43.6 Å². The summed E-state index contributed by atoms with van der Waals surface area (Å²) < 4.78 is 2.62. The maximum atomic E-state index is 2.62. The number of hydrogen-bond acceptors (Lipinski definition) is 2. The maximum absolute atomic E-state index is 2.62. The van der Waals surface area contributed by atoms with Gasteiger partial charge in [-0.2, -0.15) is 0 Å². The molecule has 0 bridgehead atoms. The minimum atomic E-state index is -0.437. The molecule has 0 radical (unpaired) electrons. The summed E-state index contributed by atoms with van der Waals surface area (Å²) in [5.41, 5.74) is 4.21. The fourth-order valence-electron chi connectivity index (χ4n) is 3.58. The molecule has 25 heavy (non-hydrogen) atoms. The van der Waals surface area contributed by atoms with Gasteiger partial charge in [-0.15, -0.1) is 0 Å². The summed E-state index contributed by atoms with van der Waals surface area (Å²) in [7, 11) is 4.13. The second-order valence-corrected chi connectivity index (χ2v) is 9.08. The van der Waals surface area contributed by atoms with E-state index >= 15 is 0 Å². The van der Waals surface area contributed by atoms with E-state index in [-0.39, 0.29) is 0 Å². The molecule has 132 valence electrons. The molecule has 0 fully saturated rings. The van der Waals surface area contributed by atoms with Crippen LogP contribution in [0.3, 0.4) is 0 Å². The minimum absolute atomic E-state index is 0.424. The summed E-state index contributed by atoms with van der Waals surface area (Å²) in [6.07, 6.45) is 2.49. The fraction of sp³-hybridized carbons (Fsp3) is 0.364. The minimum Gasteiger partial charge on any atom is -0.365 e. The molecule has 0 amide bonds. The molecule has 1 aliphatic heterocycles. The molecule has 1 unspecified atom stereocenters. The number of allylic oxidation sites excluding steroid dienone is 1. The first-order chi connectivity index (χ1) is 12.1. The van der Waals surface area contributed by atoms with E-state index in [1.807, 2.05) is 0 Å². The standard InChI is InChI=1S/C22H29N2P/c1-5-6-17-23(3)25-21(19-13-9-7-10-14-19)18(2)24(4)22(25)20-15-11-8-12-16-20/h7-16,22H,5-6,17H2,1-4H3/t22-,25?/m1/s1. The molecule has 2 aromatic carbocycles. The third kappa shape index (κ3) is 3.66. The van der Waals surface area contributed by atoms with Gasteiger partial charge in [0.1, 0.15) is 0 Å². The molecular weight excluding hydrogens is 323 g/mol. The Kier molecular flexibility index (Phi) is 5.93. The fourth-order valence-corrected chi connectivity index (χ4v) is 6.76. The van der Waals surface area contributed by atoms with Crippen molar-refractivity contribution in [2.24, 2.45) is 0 Å². The van der Waals surface area contributed by atoms with Crippen molar-refractivity contribution < 1.29 is 0 Å². The largest absolute Gasteiger partial charge is 0.365 e. The highest BCUT2D eigenvalue weighted by atomic mass is 31.1. The van der Waals surface area contributed by atoms with Crippen molar-refractivity contribution in [1.82, 2.24) is 9.57 Å². The number of nitrogens with zero attached hydrogens (tertiary/aromatic N) is 2. The van der Waals surface area contributed by atoms with Gasteiger partial charge in [-0.25, -0.2) is 0 Å². The maximum Gasteiger partial charge on any atom is 0.0911 e. The van der Waals surface area contributed by atoms with E-state index in [9.17, 15) is 0 Å². The van der Waals surface area contributed by atoms with Crippen molar-refractivity contribution in [1.29, 1.82) is 0 Å². The molecule has 0 aromatic heterocycles. The molecule has 1 aliphatic rings. The van der Waals surface area contributed by atoms with E-state index in [0.717, 1.165) is 6.54 Å². The highest BCUT2D eigenvalue weighted by Crippen LogP contribution is 2.69. The van der Waals surface area contributed by atoms with Crippen molar-refractivity contribution in [3.8, 4) is 0 Å². The Labute approximate surface area is 154 Å². The molecule has 0 spiro atoms. The summed E-state index contributed by atoms with van der Waals surface area (Å²) >= 11 is 0. The van der Waals surface area contributed by atoms with Crippen molar-refractivity contribution in [3.63, 3.8) is 0 Å². The molecule has 0 saturated carbocycles. The van der Waals surface area contributed by atoms with E-state index in [0.29, 0.717) is 5.78 Å². The van der Waals surface area contributed by atoms with Crippen LogP contribution in [0.4, 0.5) is 0 Å². The van der Waals surface area contributed by atoms with Gasteiger partial charge >= 0.3 is 0 Å². The van der Waals surface area contributed by atoms with Gasteiger partial charge in [-0.1, -0.05) is 74.0 Å². The van der Waals surface area contributed by atoms with Crippen LogP contribution in [0.25, 0.3) is 5.31 Å². The molecule has 2 aromatic rings. The first-order valence-corrected chi connectivity index (χ1v) is 10.6. The third-order valence-corrected chi connectivity index (χ3v) is 8.13. The molecule has 2 atom stereocenters. The second-order valence-electron chi connectivity index (χ2n) is 6.77. The number of hydrogen-bond donors (Lipinski definition) is 0. The van der Waals surface area contributed by atoms with Gasteiger partial charge in [0.15, 0.2) is 0 Å². The summed E-state index contributed by atoms with van der Waals surface area (Å²) in [5, 5.41) is 1.53. The lowest BCUT2D eigenvalue weighted by molar-refractivity contribution is 0.395. The lowest BCUT2D eigenvalue weighted by Crippen LogP contribution is -2.22. The summed E-state index contributed by atoms with van der Waals surface area (Å²) in [6, 6.07) is 22.0. The number of unbranched alkanes of at least 4 members (excludes halogenated alkanes) is 1. The number of benzene rings is 2. The lowest BCUT2D eigenvalue weighted by atomic mass is 10.1. The Morgan fingerprint density at radius 2 is 1.60 bits per heavy atom. The predicted octanol–water partition coefficient (Wildman–Crippen LogP) is 6.15. The van der Waals surface area contributed by atoms with Crippen LogP contribution < -0.4 is 0 Å². The zero-order valence-electron chi connectivity index (χ0n) is 15.8. The number of rotatable bonds is 6. The average Bonchev–Trinajstić information content (AvgIpc) is 2.92. The first kappa shape index (κ1) is 18.2. The van der Waals surface area contributed by atoms with Crippen LogP contribution in [0, 0.1) is 0 Å². The normalized spacial score (nSPS) is 20.6. The molecule has 3 heteroatoms. The van der Waals surface area contributed by atoms with Gasteiger partial charge in [0.25, 0.3) is 0 Å². The van der Waals surface area contributed by atoms with E-state index < -0.39 is 8.07 Å². The van der Waals surface area contributed by atoms with Gasteiger partial charge in [-0.05, 0) is 31.5 Å². The molecule has 0 aliphatic carbocycles. The highest BCUT2D eigenvalue weighted by molar-refractivity contribution is 7.66. The topological polar surface area (TPSA) is 6.48 Å². The molecule has 0 saturated heterocycles. The van der Waals surface area contributed by atoms with Crippen LogP contribution in [0.2, 0.25) is 0 Å². The average molecular weight is 352 g/mol. The smallest absolute Gasteiger partial charge is 0.0911 e. The van der Waals surface area contributed by atoms with Crippen LogP contribution in [0.15, 0.2) is 66.4 Å². The van der Waals surface area contributed by atoms with Crippen molar-refractivity contribution in [3.05, 3.63) is 77.5 Å².